The molecule has 19 heavy (non-hydrogen) atoms. The van der Waals surface area contributed by atoms with E-state index in [0.717, 1.165) is 0 Å². The molecule has 8 nitrogen and oxygen atoms in total. The molecule has 0 spiro atoms. The molecule has 8 heteroatoms. The number of nitrogens with zero attached hydrogens (tertiary/aromatic N) is 2. The van der Waals surface area contributed by atoms with Crippen LogP contribution < -0.4 is 10.6 Å². The van der Waals surface area contributed by atoms with Crippen molar-refractivity contribution in [3.8, 4) is 0 Å². The third kappa shape index (κ3) is 5.66. The predicted molar refractivity (Wildman–Crippen MR) is 67.7 cm³/mol. The van der Waals surface area contributed by atoms with Gasteiger partial charge in [-0.1, -0.05) is 0 Å². The molecule has 104 valence electrons. The third-order valence-electron chi connectivity index (χ3n) is 1.78. The van der Waals surface area contributed by atoms with Crippen LogP contribution in [0, 0.1) is 5.41 Å². The van der Waals surface area contributed by atoms with Gasteiger partial charge < -0.3 is 10.1 Å². The van der Waals surface area contributed by atoms with Gasteiger partial charge in [0, 0.05) is 12.4 Å². The molecule has 1 heterocycles. The molecular weight excluding hydrogens is 250 g/mol. The number of ether oxygens (including phenoxy) is 1. The van der Waals surface area contributed by atoms with Gasteiger partial charge in [0.05, 0.1) is 0 Å². The van der Waals surface area contributed by atoms with Crippen molar-refractivity contribution >= 4 is 18.0 Å². The standard InChI is InChI=1S/C11H17N5O3/c1-11(2,3)19-10(18)13-7-8(17)15-9(12)16-6-4-5-14-16/h4-6H,7H2,1-3H3,(H,13,18)(H2,12,15,17). The van der Waals surface area contributed by atoms with Gasteiger partial charge >= 0.3 is 6.09 Å². The minimum Gasteiger partial charge on any atom is -0.444 e. The van der Waals surface area contributed by atoms with Crippen molar-refractivity contribution in [2.24, 2.45) is 0 Å². The number of rotatable bonds is 2. The normalized spacial score (nSPS) is 10.7. The summed E-state index contributed by atoms with van der Waals surface area (Å²) in [4.78, 5) is 22.7. The largest absolute Gasteiger partial charge is 0.444 e. The van der Waals surface area contributed by atoms with E-state index >= 15 is 0 Å². The number of carbonyl (C=O) groups is 2. The molecule has 0 fully saturated rings. The molecule has 0 aromatic carbocycles. The van der Waals surface area contributed by atoms with Crippen LogP contribution >= 0.6 is 0 Å². The van der Waals surface area contributed by atoms with Crippen molar-refractivity contribution < 1.29 is 14.3 Å². The van der Waals surface area contributed by atoms with Gasteiger partial charge in [0.15, 0.2) is 0 Å². The van der Waals surface area contributed by atoms with E-state index in [-0.39, 0.29) is 12.5 Å². The maximum absolute atomic E-state index is 11.5. The lowest BCUT2D eigenvalue weighted by atomic mass is 10.2. The second kappa shape index (κ2) is 5.98. The van der Waals surface area contributed by atoms with Crippen LogP contribution in [0.15, 0.2) is 18.5 Å². The second-order valence-electron chi connectivity index (χ2n) is 4.70. The highest BCUT2D eigenvalue weighted by Crippen LogP contribution is 2.05. The molecule has 0 aliphatic rings. The maximum atomic E-state index is 11.5. The molecule has 0 saturated carbocycles. The average molecular weight is 267 g/mol. The second-order valence-corrected chi connectivity index (χ2v) is 4.70. The number of aromatic nitrogens is 2. The van der Waals surface area contributed by atoms with Crippen LogP contribution in [0.25, 0.3) is 0 Å². The highest BCUT2D eigenvalue weighted by atomic mass is 16.6. The van der Waals surface area contributed by atoms with Gasteiger partial charge in [0.2, 0.25) is 11.9 Å². The van der Waals surface area contributed by atoms with Gasteiger partial charge in [-0.05, 0) is 26.8 Å². The predicted octanol–water partition coefficient (Wildman–Crippen LogP) is 0.307. The van der Waals surface area contributed by atoms with E-state index in [0.29, 0.717) is 0 Å². The van der Waals surface area contributed by atoms with Gasteiger partial charge in [-0.25, -0.2) is 9.48 Å². The van der Waals surface area contributed by atoms with Crippen LogP contribution in [0.3, 0.4) is 0 Å². The topological polar surface area (TPSA) is 109 Å². The Morgan fingerprint density at radius 1 is 1.42 bits per heavy atom. The summed E-state index contributed by atoms with van der Waals surface area (Å²) in [5.41, 5.74) is -0.623. The van der Waals surface area contributed by atoms with Gasteiger partial charge in [-0.3, -0.25) is 15.5 Å². The number of hydrogen-bond donors (Lipinski definition) is 3. The molecule has 0 aliphatic carbocycles. The summed E-state index contributed by atoms with van der Waals surface area (Å²) >= 11 is 0. The first-order valence-corrected chi connectivity index (χ1v) is 5.63. The summed E-state index contributed by atoms with van der Waals surface area (Å²) in [6, 6.07) is 1.62. The van der Waals surface area contributed by atoms with Crippen LogP contribution in [0.4, 0.5) is 4.79 Å². The fourth-order valence-electron chi connectivity index (χ4n) is 1.10. The quantitative estimate of drug-likeness (QED) is 0.529. The first-order valence-electron chi connectivity index (χ1n) is 5.63. The Hall–Kier alpha value is -2.38. The highest BCUT2D eigenvalue weighted by Gasteiger charge is 2.16. The summed E-state index contributed by atoms with van der Waals surface area (Å²) < 4.78 is 6.15. The van der Waals surface area contributed by atoms with E-state index in [2.05, 4.69) is 15.7 Å². The summed E-state index contributed by atoms with van der Waals surface area (Å²) in [6.45, 7) is 4.89. The number of carbonyl (C=O) groups excluding carboxylic acids is 2. The van der Waals surface area contributed by atoms with Crippen LogP contribution in [0.2, 0.25) is 0 Å². The zero-order valence-electron chi connectivity index (χ0n) is 11.1. The SMILES string of the molecule is CC(C)(C)OC(=O)NCC(=O)NC(=N)n1cccn1. The number of nitrogens with one attached hydrogen (secondary N) is 3. The summed E-state index contributed by atoms with van der Waals surface area (Å²) in [5, 5.41) is 15.9. The lowest BCUT2D eigenvalue weighted by Gasteiger charge is -2.19. The summed E-state index contributed by atoms with van der Waals surface area (Å²) in [5.74, 6) is -0.729. The number of alkyl carbamates (subject to hydrolysis) is 1. The highest BCUT2D eigenvalue weighted by molar-refractivity contribution is 5.97. The molecule has 1 rings (SSSR count). The molecule has 0 aliphatic heterocycles. The van der Waals surface area contributed by atoms with Crippen molar-refractivity contribution in [1.29, 1.82) is 5.41 Å². The van der Waals surface area contributed by atoms with Crippen LogP contribution in [-0.2, 0) is 9.53 Å². The van der Waals surface area contributed by atoms with Gasteiger partial charge in [-0.15, -0.1) is 0 Å². The van der Waals surface area contributed by atoms with Crippen molar-refractivity contribution in [1.82, 2.24) is 20.4 Å². The van der Waals surface area contributed by atoms with E-state index in [1.165, 1.54) is 17.1 Å². The van der Waals surface area contributed by atoms with Gasteiger partial charge in [0.1, 0.15) is 12.1 Å². The fraction of sp³-hybridized carbons (Fsp3) is 0.455. The molecule has 1 aromatic rings. The molecule has 0 bridgehead atoms. The van der Waals surface area contributed by atoms with Crippen molar-refractivity contribution in [2.45, 2.75) is 26.4 Å². The van der Waals surface area contributed by atoms with E-state index in [1.54, 1.807) is 26.8 Å². The third-order valence-corrected chi connectivity index (χ3v) is 1.78. The molecule has 0 atom stereocenters. The Bertz CT molecular complexity index is 461. The molecule has 3 N–H and O–H groups in total. The van der Waals surface area contributed by atoms with Crippen molar-refractivity contribution in [2.75, 3.05) is 6.54 Å². The monoisotopic (exact) mass is 267 g/mol. The van der Waals surface area contributed by atoms with E-state index in [9.17, 15) is 9.59 Å². The first-order chi connectivity index (χ1) is 8.78. The Morgan fingerprint density at radius 3 is 2.63 bits per heavy atom. The zero-order chi connectivity index (χ0) is 14.5. The van der Waals surface area contributed by atoms with Crippen molar-refractivity contribution in [3.05, 3.63) is 18.5 Å². The first kappa shape index (κ1) is 14.7. The Balaban J connectivity index is 2.32. The fourth-order valence-corrected chi connectivity index (χ4v) is 1.10. The summed E-state index contributed by atoms with van der Waals surface area (Å²) in [7, 11) is 0. The molecular formula is C11H17N5O3. The van der Waals surface area contributed by atoms with Crippen LogP contribution in [0.1, 0.15) is 20.8 Å². The molecule has 0 radical (unpaired) electrons. The zero-order valence-corrected chi connectivity index (χ0v) is 11.1. The minimum atomic E-state index is -0.687. The Morgan fingerprint density at radius 2 is 2.11 bits per heavy atom. The van der Waals surface area contributed by atoms with Crippen LogP contribution in [0.5, 0.6) is 0 Å². The van der Waals surface area contributed by atoms with E-state index in [4.69, 9.17) is 10.1 Å². The molecule has 1 aromatic heterocycles. The summed E-state index contributed by atoms with van der Waals surface area (Å²) in [6.07, 6.45) is 2.32. The lowest BCUT2D eigenvalue weighted by molar-refractivity contribution is -0.119. The van der Waals surface area contributed by atoms with E-state index in [1.807, 2.05) is 0 Å². The smallest absolute Gasteiger partial charge is 0.408 e. The van der Waals surface area contributed by atoms with Crippen LogP contribution in [-0.4, -0.2) is 39.9 Å². The molecule has 0 saturated heterocycles. The minimum absolute atomic E-state index is 0.194. The lowest BCUT2D eigenvalue weighted by Crippen LogP contribution is -2.43. The number of amides is 2. The van der Waals surface area contributed by atoms with Crippen molar-refractivity contribution in [3.63, 3.8) is 0 Å². The Labute approximate surface area is 110 Å². The maximum Gasteiger partial charge on any atom is 0.408 e. The molecule has 0 unspecified atom stereocenters. The number of hydrogen-bond acceptors (Lipinski definition) is 5. The van der Waals surface area contributed by atoms with E-state index < -0.39 is 17.6 Å². The average Bonchev–Trinajstić information content (AvgIpc) is 2.77. The van der Waals surface area contributed by atoms with Gasteiger partial charge in [-0.2, -0.15) is 5.10 Å². The molecule has 2 amide bonds. The van der Waals surface area contributed by atoms with Gasteiger partial charge in [0.25, 0.3) is 0 Å². The Kier molecular flexibility index (Phi) is 4.62.